The standard InChI is InChI=1S/C9H18OSi/c1-5-6-7-10-8-9-11(2,3)4/h5-7H2,1-4H3. The molecule has 0 saturated carbocycles. The Kier molecular flexibility index (Phi) is 5.05. The van der Waals surface area contributed by atoms with Crippen molar-refractivity contribution in [2.24, 2.45) is 0 Å². The molecule has 11 heavy (non-hydrogen) atoms. The predicted octanol–water partition coefficient (Wildman–Crippen LogP) is 2.64. The van der Waals surface area contributed by atoms with Gasteiger partial charge in [-0.2, -0.15) is 0 Å². The van der Waals surface area contributed by atoms with E-state index in [0.717, 1.165) is 13.0 Å². The highest BCUT2D eigenvalue weighted by Gasteiger charge is 2.07. The fraction of sp³-hybridized carbons (Fsp3) is 0.778. The summed E-state index contributed by atoms with van der Waals surface area (Å²) in [4.78, 5) is 0. The first kappa shape index (κ1) is 10.6. The van der Waals surface area contributed by atoms with Crippen LogP contribution in [0.5, 0.6) is 0 Å². The van der Waals surface area contributed by atoms with Crippen LogP contribution in [0.2, 0.25) is 19.6 Å². The largest absolute Gasteiger partial charge is 0.447 e. The molecule has 0 aliphatic rings. The van der Waals surface area contributed by atoms with Crippen LogP contribution in [0.15, 0.2) is 0 Å². The maximum atomic E-state index is 5.12. The third kappa shape index (κ3) is 9.58. The summed E-state index contributed by atoms with van der Waals surface area (Å²) in [6.07, 6.45) is 5.06. The molecule has 0 bridgehead atoms. The highest BCUT2D eigenvalue weighted by molar-refractivity contribution is 6.83. The van der Waals surface area contributed by atoms with Crippen LogP contribution in [0, 0.1) is 11.7 Å². The monoisotopic (exact) mass is 170 g/mol. The molecule has 0 N–H and O–H groups in total. The van der Waals surface area contributed by atoms with Crippen LogP contribution < -0.4 is 0 Å². The van der Waals surface area contributed by atoms with Crippen LogP contribution in [-0.2, 0) is 4.74 Å². The SMILES string of the molecule is CCCCOC#C[Si](C)(C)C. The van der Waals surface area contributed by atoms with Gasteiger partial charge in [0.15, 0.2) is 0 Å². The first-order valence-corrected chi connectivity index (χ1v) is 7.70. The van der Waals surface area contributed by atoms with Gasteiger partial charge in [0.2, 0.25) is 0 Å². The average Bonchev–Trinajstić information content (AvgIpc) is 1.85. The molecule has 2 heteroatoms. The average molecular weight is 170 g/mol. The lowest BCUT2D eigenvalue weighted by molar-refractivity contribution is 0.271. The molecule has 0 aliphatic carbocycles. The topological polar surface area (TPSA) is 9.23 Å². The minimum atomic E-state index is -1.20. The molecule has 0 amide bonds. The lowest BCUT2D eigenvalue weighted by Crippen LogP contribution is -2.16. The van der Waals surface area contributed by atoms with Gasteiger partial charge in [-0.3, -0.25) is 0 Å². The Morgan fingerprint density at radius 3 is 2.36 bits per heavy atom. The molecular weight excluding hydrogens is 152 g/mol. The van der Waals surface area contributed by atoms with Gasteiger partial charge in [0.25, 0.3) is 0 Å². The Balaban J connectivity index is 3.41. The molecular formula is C9H18OSi. The van der Waals surface area contributed by atoms with Crippen molar-refractivity contribution in [3.8, 4) is 11.7 Å². The lowest BCUT2D eigenvalue weighted by atomic mass is 10.4. The van der Waals surface area contributed by atoms with E-state index in [-0.39, 0.29) is 0 Å². The molecule has 0 saturated heterocycles. The third-order valence-electron chi connectivity index (χ3n) is 1.10. The van der Waals surface area contributed by atoms with Gasteiger partial charge in [0.05, 0.1) is 6.61 Å². The second-order valence-corrected chi connectivity index (χ2v) is 8.43. The lowest BCUT2D eigenvalue weighted by Gasteiger charge is -2.02. The van der Waals surface area contributed by atoms with Gasteiger partial charge in [-0.05, 0) is 6.42 Å². The summed E-state index contributed by atoms with van der Waals surface area (Å²) in [6, 6.07) is 0. The van der Waals surface area contributed by atoms with Crippen LogP contribution in [0.25, 0.3) is 0 Å². The van der Waals surface area contributed by atoms with Gasteiger partial charge in [-0.1, -0.05) is 38.5 Å². The van der Waals surface area contributed by atoms with E-state index in [9.17, 15) is 0 Å². The summed E-state index contributed by atoms with van der Waals surface area (Å²) >= 11 is 0. The zero-order chi connectivity index (χ0) is 8.74. The fourth-order valence-corrected chi connectivity index (χ4v) is 0.835. The predicted molar refractivity (Wildman–Crippen MR) is 52.0 cm³/mol. The minimum Gasteiger partial charge on any atom is -0.447 e. The van der Waals surface area contributed by atoms with Gasteiger partial charge in [-0.25, -0.2) is 0 Å². The number of ether oxygens (including phenoxy) is 1. The number of hydrogen-bond donors (Lipinski definition) is 0. The molecule has 0 heterocycles. The zero-order valence-electron chi connectivity index (χ0n) is 8.03. The minimum absolute atomic E-state index is 0.786. The number of rotatable bonds is 3. The fourth-order valence-electron chi connectivity index (χ4n) is 0.457. The second-order valence-electron chi connectivity index (χ2n) is 3.68. The Hall–Kier alpha value is -0.423. The van der Waals surface area contributed by atoms with Crippen LogP contribution in [0.4, 0.5) is 0 Å². The molecule has 0 radical (unpaired) electrons. The van der Waals surface area contributed by atoms with Crippen molar-refractivity contribution in [2.75, 3.05) is 6.61 Å². The molecule has 1 nitrogen and oxygen atoms in total. The van der Waals surface area contributed by atoms with E-state index in [2.05, 4.69) is 38.2 Å². The second kappa shape index (κ2) is 5.26. The first-order valence-electron chi connectivity index (χ1n) is 4.20. The first-order chi connectivity index (χ1) is 5.06. The van der Waals surface area contributed by atoms with Gasteiger partial charge in [0.1, 0.15) is 14.2 Å². The number of hydrogen-bond acceptors (Lipinski definition) is 1. The smallest absolute Gasteiger partial charge is 0.133 e. The molecule has 0 aliphatic heterocycles. The summed E-state index contributed by atoms with van der Waals surface area (Å²) in [5.74, 6) is 0. The summed E-state index contributed by atoms with van der Waals surface area (Å²) in [5, 5.41) is 0. The Labute approximate surface area is 71.2 Å². The van der Waals surface area contributed by atoms with E-state index in [1.807, 2.05) is 0 Å². The van der Waals surface area contributed by atoms with E-state index in [0.29, 0.717) is 0 Å². The highest BCUT2D eigenvalue weighted by Crippen LogP contribution is 1.96. The van der Waals surface area contributed by atoms with Crippen molar-refractivity contribution in [1.29, 1.82) is 0 Å². The highest BCUT2D eigenvalue weighted by atomic mass is 28.3. The molecule has 0 unspecified atom stereocenters. The van der Waals surface area contributed by atoms with Crippen molar-refractivity contribution < 1.29 is 4.74 Å². The van der Waals surface area contributed by atoms with E-state index in [1.165, 1.54) is 6.42 Å². The Morgan fingerprint density at radius 1 is 1.27 bits per heavy atom. The summed E-state index contributed by atoms with van der Waals surface area (Å²) in [7, 11) is -1.20. The summed E-state index contributed by atoms with van der Waals surface area (Å²) in [6.45, 7) is 9.57. The maximum Gasteiger partial charge on any atom is 0.133 e. The van der Waals surface area contributed by atoms with Crippen molar-refractivity contribution in [3.05, 3.63) is 0 Å². The third-order valence-corrected chi connectivity index (χ3v) is 1.95. The maximum absolute atomic E-state index is 5.12. The zero-order valence-corrected chi connectivity index (χ0v) is 9.03. The van der Waals surface area contributed by atoms with Crippen molar-refractivity contribution >= 4 is 8.07 Å². The van der Waals surface area contributed by atoms with Gasteiger partial charge >= 0.3 is 0 Å². The molecule has 0 rings (SSSR count). The van der Waals surface area contributed by atoms with E-state index >= 15 is 0 Å². The summed E-state index contributed by atoms with van der Waals surface area (Å²) < 4.78 is 5.12. The van der Waals surface area contributed by atoms with Crippen molar-refractivity contribution in [2.45, 2.75) is 39.4 Å². The van der Waals surface area contributed by atoms with E-state index in [4.69, 9.17) is 4.74 Å². The normalized spacial score (nSPS) is 10.2. The van der Waals surface area contributed by atoms with Crippen molar-refractivity contribution in [1.82, 2.24) is 0 Å². The molecule has 0 aromatic rings. The van der Waals surface area contributed by atoms with Gasteiger partial charge in [0, 0.05) is 0 Å². The van der Waals surface area contributed by atoms with Gasteiger partial charge in [-0.15, -0.1) is 0 Å². The molecule has 0 atom stereocenters. The van der Waals surface area contributed by atoms with E-state index < -0.39 is 8.07 Å². The van der Waals surface area contributed by atoms with Crippen LogP contribution in [-0.4, -0.2) is 14.7 Å². The van der Waals surface area contributed by atoms with Crippen LogP contribution in [0.3, 0.4) is 0 Å². The molecule has 0 aromatic carbocycles. The van der Waals surface area contributed by atoms with Crippen molar-refractivity contribution in [3.63, 3.8) is 0 Å². The molecule has 64 valence electrons. The van der Waals surface area contributed by atoms with Gasteiger partial charge < -0.3 is 4.74 Å². The Bertz CT molecular complexity index is 147. The molecule has 0 spiro atoms. The summed E-state index contributed by atoms with van der Waals surface area (Å²) in [5.41, 5.74) is 3.15. The molecule has 0 aromatic heterocycles. The molecule has 0 fully saturated rings. The van der Waals surface area contributed by atoms with Crippen LogP contribution >= 0.6 is 0 Å². The quantitative estimate of drug-likeness (QED) is 0.359. The van der Waals surface area contributed by atoms with Crippen LogP contribution in [0.1, 0.15) is 19.8 Å². The Morgan fingerprint density at radius 2 is 1.91 bits per heavy atom. The van der Waals surface area contributed by atoms with E-state index in [1.54, 1.807) is 0 Å². The number of unbranched alkanes of at least 4 members (excludes halogenated alkanes) is 1.